The highest BCUT2D eigenvalue weighted by atomic mass is 32.2. The molecular weight excluding hydrogens is 258 g/mol. The highest BCUT2D eigenvalue weighted by Gasteiger charge is 2.24. The van der Waals surface area contributed by atoms with Crippen LogP contribution in [0.3, 0.4) is 0 Å². The molecule has 0 atom stereocenters. The summed E-state index contributed by atoms with van der Waals surface area (Å²) in [7, 11) is 0. The SMILES string of the molecule is CSc1ccc(C)c(C(=O)N2CCC(CO)CC2)c1. The van der Waals surface area contributed by atoms with Gasteiger partial charge >= 0.3 is 0 Å². The van der Waals surface area contributed by atoms with E-state index in [2.05, 4.69) is 6.07 Å². The minimum atomic E-state index is 0.129. The van der Waals surface area contributed by atoms with Gasteiger partial charge < -0.3 is 10.0 Å². The summed E-state index contributed by atoms with van der Waals surface area (Å²) >= 11 is 1.66. The fourth-order valence-corrected chi connectivity index (χ4v) is 2.89. The number of nitrogens with zero attached hydrogens (tertiary/aromatic N) is 1. The Balaban J connectivity index is 2.11. The maximum atomic E-state index is 12.5. The number of hydrogen-bond donors (Lipinski definition) is 1. The molecule has 1 N–H and O–H groups in total. The van der Waals surface area contributed by atoms with Crippen LogP contribution in [0.5, 0.6) is 0 Å². The Kier molecular flexibility index (Phi) is 4.88. The number of likely N-dealkylation sites (tertiary alicyclic amines) is 1. The summed E-state index contributed by atoms with van der Waals surface area (Å²) in [6.45, 7) is 3.74. The van der Waals surface area contributed by atoms with Gasteiger partial charge in [-0.3, -0.25) is 4.79 Å². The predicted octanol–water partition coefficient (Wildman–Crippen LogP) is 2.56. The van der Waals surface area contributed by atoms with Crippen molar-refractivity contribution in [3.05, 3.63) is 29.3 Å². The molecule has 4 heteroatoms. The summed E-state index contributed by atoms with van der Waals surface area (Å²) in [5.74, 6) is 0.493. The Hall–Kier alpha value is -1.00. The van der Waals surface area contributed by atoms with Crippen LogP contribution in [0, 0.1) is 12.8 Å². The number of piperidine rings is 1. The molecule has 1 heterocycles. The average Bonchev–Trinajstić information content (AvgIpc) is 2.47. The number of thioether (sulfide) groups is 1. The molecule has 1 aliphatic rings. The van der Waals surface area contributed by atoms with Crippen LogP contribution in [0.4, 0.5) is 0 Å². The van der Waals surface area contributed by atoms with Crippen molar-refractivity contribution in [2.24, 2.45) is 5.92 Å². The van der Waals surface area contributed by atoms with Crippen molar-refractivity contribution in [2.45, 2.75) is 24.7 Å². The van der Waals surface area contributed by atoms with Gasteiger partial charge in [0.1, 0.15) is 0 Å². The molecule has 0 spiro atoms. The van der Waals surface area contributed by atoms with Crippen LogP contribution in [-0.4, -0.2) is 41.9 Å². The zero-order valence-corrected chi connectivity index (χ0v) is 12.4. The fourth-order valence-electron chi connectivity index (χ4n) is 2.45. The van der Waals surface area contributed by atoms with Crippen LogP contribution in [0.15, 0.2) is 23.1 Å². The minimum absolute atomic E-state index is 0.129. The van der Waals surface area contributed by atoms with Crippen LogP contribution in [-0.2, 0) is 0 Å². The molecule has 2 rings (SSSR count). The van der Waals surface area contributed by atoms with Crippen LogP contribution in [0.25, 0.3) is 0 Å². The number of benzene rings is 1. The van der Waals surface area contributed by atoms with Gasteiger partial charge in [0.05, 0.1) is 0 Å². The molecule has 0 aromatic heterocycles. The Morgan fingerprint density at radius 1 is 1.42 bits per heavy atom. The van der Waals surface area contributed by atoms with E-state index in [1.807, 2.05) is 30.2 Å². The van der Waals surface area contributed by atoms with Gasteiger partial charge in [-0.1, -0.05) is 6.07 Å². The van der Waals surface area contributed by atoms with E-state index >= 15 is 0 Å². The molecule has 3 nitrogen and oxygen atoms in total. The third-order valence-corrected chi connectivity index (χ3v) is 4.56. The standard InChI is InChI=1S/C15H21NO2S/c1-11-3-4-13(19-2)9-14(11)15(18)16-7-5-12(10-17)6-8-16/h3-4,9,12,17H,5-8,10H2,1-2H3. The molecule has 1 saturated heterocycles. The number of amides is 1. The van der Waals surface area contributed by atoms with Crippen LogP contribution in [0.1, 0.15) is 28.8 Å². The van der Waals surface area contributed by atoms with Gasteiger partial charge in [-0.25, -0.2) is 0 Å². The van der Waals surface area contributed by atoms with Gasteiger partial charge in [-0.15, -0.1) is 11.8 Å². The van der Waals surface area contributed by atoms with E-state index in [1.165, 1.54) is 0 Å². The van der Waals surface area contributed by atoms with E-state index in [0.717, 1.165) is 42.0 Å². The number of carbonyl (C=O) groups excluding carboxylic acids is 1. The Bertz CT molecular complexity index is 453. The van der Waals surface area contributed by atoms with Gasteiger partial charge in [0, 0.05) is 30.2 Å². The van der Waals surface area contributed by atoms with Gasteiger partial charge in [0.25, 0.3) is 5.91 Å². The molecule has 1 aliphatic heterocycles. The van der Waals surface area contributed by atoms with Crippen molar-refractivity contribution in [2.75, 3.05) is 26.0 Å². The molecule has 104 valence electrons. The number of aliphatic hydroxyl groups excluding tert-OH is 1. The van der Waals surface area contributed by atoms with Gasteiger partial charge in [-0.2, -0.15) is 0 Å². The lowest BCUT2D eigenvalue weighted by Gasteiger charge is -2.31. The van der Waals surface area contributed by atoms with Gasteiger partial charge in [-0.05, 0) is 49.6 Å². The second kappa shape index (κ2) is 6.44. The number of aliphatic hydroxyl groups is 1. The lowest BCUT2D eigenvalue weighted by atomic mass is 9.97. The summed E-state index contributed by atoms with van der Waals surface area (Å²) in [5.41, 5.74) is 1.85. The third-order valence-electron chi connectivity index (χ3n) is 3.84. The highest BCUT2D eigenvalue weighted by Crippen LogP contribution is 2.23. The highest BCUT2D eigenvalue weighted by molar-refractivity contribution is 7.98. The molecule has 0 unspecified atom stereocenters. The topological polar surface area (TPSA) is 40.5 Å². The van der Waals surface area contributed by atoms with E-state index in [1.54, 1.807) is 11.8 Å². The molecule has 0 radical (unpaired) electrons. The first-order valence-electron chi connectivity index (χ1n) is 6.70. The Morgan fingerprint density at radius 2 is 2.11 bits per heavy atom. The molecule has 1 fully saturated rings. The summed E-state index contributed by atoms with van der Waals surface area (Å²) in [5, 5.41) is 9.14. The molecule has 19 heavy (non-hydrogen) atoms. The van der Waals surface area contributed by atoms with Crippen molar-refractivity contribution in [1.82, 2.24) is 4.90 Å². The Morgan fingerprint density at radius 3 is 2.68 bits per heavy atom. The van der Waals surface area contributed by atoms with E-state index in [4.69, 9.17) is 5.11 Å². The molecule has 0 aliphatic carbocycles. The zero-order valence-electron chi connectivity index (χ0n) is 11.6. The second-order valence-electron chi connectivity index (χ2n) is 5.10. The van der Waals surface area contributed by atoms with E-state index in [-0.39, 0.29) is 12.5 Å². The Labute approximate surface area is 119 Å². The lowest BCUT2D eigenvalue weighted by Crippen LogP contribution is -2.39. The van der Waals surface area contributed by atoms with Crippen molar-refractivity contribution >= 4 is 17.7 Å². The van der Waals surface area contributed by atoms with Crippen LogP contribution in [0.2, 0.25) is 0 Å². The molecular formula is C15H21NO2S. The summed E-state index contributed by atoms with van der Waals surface area (Å²) in [4.78, 5) is 15.6. The third kappa shape index (κ3) is 3.31. The number of aryl methyl sites for hydroxylation is 1. The number of carbonyl (C=O) groups is 1. The maximum Gasteiger partial charge on any atom is 0.254 e. The van der Waals surface area contributed by atoms with E-state index in [9.17, 15) is 4.79 Å². The second-order valence-corrected chi connectivity index (χ2v) is 5.98. The first-order chi connectivity index (χ1) is 9.15. The number of hydrogen-bond acceptors (Lipinski definition) is 3. The zero-order chi connectivity index (χ0) is 13.8. The lowest BCUT2D eigenvalue weighted by molar-refractivity contribution is 0.0650. The van der Waals surface area contributed by atoms with Gasteiger partial charge in [0.2, 0.25) is 0 Å². The first-order valence-corrected chi connectivity index (χ1v) is 7.93. The summed E-state index contributed by atoms with van der Waals surface area (Å²) in [6.07, 6.45) is 3.83. The van der Waals surface area contributed by atoms with Gasteiger partial charge in [0.15, 0.2) is 0 Å². The van der Waals surface area contributed by atoms with E-state index < -0.39 is 0 Å². The first kappa shape index (κ1) is 14.4. The average molecular weight is 279 g/mol. The molecule has 1 aromatic rings. The molecule has 0 saturated carbocycles. The van der Waals surface area contributed by atoms with Crippen LogP contribution >= 0.6 is 11.8 Å². The van der Waals surface area contributed by atoms with E-state index in [0.29, 0.717) is 5.92 Å². The van der Waals surface area contributed by atoms with Crippen LogP contribution < -0.4 is 0 Å². The maximum absolute atomic E-state index is 12.5. The molecule has 1 aromatic carbocycles. The van der Waals surface area contributed by atoms with Crippen molar-refractivity contribution in [3.8, 4) is 0 Å². The fraction of sp³-hybridized carbons (Fsp3) is 0.533. The number of rotatable bonds is 3. The monoisotopic (exact) mass is 279 g/mol. The van der Waals surface area contributed by atoms with Crippen molar-refractivity contribution in [3.63, 3.8) is 0 Å². The largest absolute Gasteiger partial charge is 0.396 e. The molecule has 1 amide bonds. The smallest absolute Gasteiger partial charge is 0.254 e. The quantitative estimate of drug-likeness (QED) is 0.865. The van der Waals surface area contributed by atoms with Crippen molar-refractivity contribution in [1.29, 1.82) is 0 Å². The normalized spacial score (nSPS) is 16.7. The summed E-state index contributed by atoms with van der Waals surface area (Å²) < 4.78 is 0. The summed E-state index contributed by atoms with van der Waals surface area (Å²) in [6, 6.07) is 6.05. The molecule has 0 bridgehead atoms. The van der Waals surface area contributed by atoms with Crippen molar-refractivity contribution < 1.29 is 9.90 Å². The predicted molar refractivity (Wildman–Crippen MR) is 78.7 cm³/mol. The minimum Gasteiger partial charge on any atom is -0.396 e.